The first kappa shape index (κ1) is 28.2. The van der Waals surface area contributed by atoms with Crippen LogP contribution in [0.25, 0.3) is 43.4 Å². The largest absolute Gasteiger partial charge is 0.505 e. The van der Waals surface area contributed by atoms with Gasteiger partial charge in [0.05, 0.1) is 16.1 Å². The molecule has 0 aliphatic heterocycles. The zero-order valence-corrected chi connectivity index (χ0v) is 24.8. The number of anilines is 1. The third-order valence-corrected chi connectivity index (χ3v) is 8.79. The summed E-state index contributed by atoms with van der Waals surface area (Å²) in [7, 11) is -4.33. The molecule has 0 bridgehead atoms. The molecular weight excluding hydrogens is 588 g/mol. The quantitative estimate of drug-likeness (QED) is 0.127. The fraction of sp³-hybridized carbons (Fsp3) is 0.0571. The van der Waals surface area contributed by atoms with Gasteiger partial charge in [-0.15, -0.1) is 5.11 Å². The van der Waals surface area contributed by atoms with E-state index < -0.39 is 16.0 Å². The Hall–Kier alpha value is -5.58. The summed E-state index contributed by atoms with van der Waals surface area (Å²) in [5, 5.41) is 27.7. The van der Waals surface area contributed by atoms with Gasteiger partial charge in [-0.05, 0) is 77.7 Å². The van der Waals surface area contributed by atoms with E-state index in [1.165, 1.54) is 12.1 Å². The van der Waals surface area contributed by atoms with Crippen LogP contribution < -0.4 is 5.32 Å². The molecule has 0 spiro atoms. The van der Waals surface area contributed by atoms with E-state index in [1.807, 2.05) is 48.5 Å². The summed E-state index contributed by atoms with van der Waals surface area (Å²) in [6.07, 6.45) is 0. The Morgan fingerprint density at radius 2 is 1.47 bits per heavy atom. The van der Waals surface area contributed by atoms with Crippen molar-refractivity contribution >= 4 is 76.4 Å². The van der Waals surface area contributed by atoms with Crippen LogP contribution >= 0.6 is 0 Å². The van der Waals surface area contributed by atoms with Gasteiger partial charge in [-0.3, -0.25) is 9.35 Å². The normalized spacial score (nSPS) is 12.1. The molecule has 0 aliphatic carbocycles. The van der Waals surface area contributed by atoms with Gasteiger partial charge in [0.25, 0.3) is 16.0 Å². The van der Waals surface area contributed by atoms with Crippen molar-refractivity contribution in [1.82, 2.24) is 4.57 Å². The average molecular weight is 615 g/mol. The van der Waals surface area contributed by atoms with Crippen molar-refractivity contribution in [3.8, 4) is 5.75 Å². The number of nitrogens with one attached hydrogen (secondary N) is 1. The van der Waals surface area contributed by atoms with Gasteiger partial charge >= 0.3 is 0 Å². The predicted octanol–water partition coefficient (Wildman–Crippen LogP) is 8.74. The van der Waals surface area contributed by atoms with E-state index in [0.717, 1.165) is 28.4 Å². The predicted molar refractivity (Wildman–Crippen MR) is 177 cm³/mol. The van der Waals surface area contributed by atoms with Crippen LogP contribution in [0.1, 0.15) is 17.3 Å². The first-order valence-corrected chi connectivity index (χ1v) is 15.7. The smallest absolute Gasteiger partial charge is 0.294 e. The number of para-hydroxylation sites is 1. The molecule has 0 unspecified atom stereocenters. The number of aromatic nitrogens is 1. The van der Waals surface area contributed by atoms with Gasteiger partial charge in [-0.25, -0.2) is 0 Å². The topological polar surface area (TPSA) is 133 Å². The lowest BCUT2D eigenvalue weighted by Gasteiger charge is -2.11. The van der Waals surface area contributed by atoms with E-state index >= 15 is 0 Å². The molecule has 0 saturated carbocycles. The SMILES string of the molecule is CCn1c2ccccc2c2cc(NC(=O)c3cc4ccccc4c(/N=N/c4ccc5cc(S(=O)(=O)O)ccc5c4)c3O)ccc21. The number of hydrogen-bond donors (Lipinski definition) is 3. The highest BCUT2D eigenvalue weighted by Gasteiger charge is 2.19. The van der Waals surface area contributed by atoms with Gasteiger partial charge in [-0.1, -0.05) is 54.6 Å². The van der Waals surface area contributed by atoms with Crippen molar-refractivity contribution < 1.29 is 22.9 Å². The minimum atomic E-state index is -4.33. The number of amides is 1. The second kappa shape index (κ2) is 10.8. The van der Waals surface area contributed by atoms with Crippen LogP contribution in [-0.2, 0) is 16.7 Å². The molecular formula is C35H26N4O5S. The molecule has 7 aromatic rings. The minimum absolute atomic E-state index is 0.0509. The molecule has 0 atom stereocenters. The van der Waals surface area contributed by atoms with Crippen molar-refractivity contribution in [3.05, 3.63) is 115 Å². The fourth-order valence-corrected chi connectivity index (χ4v) is 6.32. The number of phenols is 1. The van der Waals surface area contributed by atoms with Gasteiger partial charge in [0.2, 0.25) is 0 Å². The fourth-order valence-electron chi connectivity index (χ4n) is 5.80. The molecule has 7 rings (SSSR count). The van der Waals surface area contributed by atoms with Gasteiger partial charge in [0.15, 0.2) is 5.75 Å². The molecule has 1 heterocycles. The number of carbonyl (C=O) groups excluding carboxylic acids is 1. The lowest BCUT2D eigenvalue weighted by atomic mass is 10.0. The van der Waals surface area contributed by atoms with Crippen molar-refractivity contribution in [2.24, 2.45) is 10.2 Å². The summed E-state index contributed by atoms with van der Waals surface area (Å²) in [6, 6.07) is 32.1. The van der Waals surface area contributed by atoms with E-state index in [2.05, 4.69) is 39.2 Å². The summed E-state index contributed by atoms with van der Waals surface area (Å²) < 4.78 is 34.6. The Labute approximate surface area is 257 Å². The maximum absolute atomic E-state index is 13.6. The Morgan fingerprint density at radius 3 is 2.27 bits per heavy atom. The molecule has 10 heteroatoms. The van der Waals surface area contributed by atoms with Crippen molar-refractivity contribution in [2.45, 2.75) is 18.4 Å². The summed E-state index contributed by atoms with van der Waals surface area (Å²) in [5.74, 6) is -0.800. The minimum Gasteiger partial charge on any atom is -0.505 e. The molecule has 1 amide bonds. The highest BCUT2D eigenvalue weighted by atomic mass is 32.2. The number of rotatable bonds is 6. The van der Waals surface area contributed by atoms with Gasteiger partial charge < -0.3 is 15.0 Å². The molecule has 9 nitrogen and oxygen atoms in total. The third kappa shape index (κ3) is 5.05. The summed E-state index contributed by atoms with van der Waals surface area (Å²) in [6.45, 7) is 2.91. The molecule has 1 aromatic heterocycles. The van der Waals surface area contributed by atoms with Crippen LogP contribution in [0.2, 0.25) is 0 Å². The zero-order chi connectivity index (χ0) is 31.3. The number of nitrogens with zero attached hydrogens (tertiary/aromatic N) is 3. The zero-order valence-electron chi connectivity index (χ0n) is 24.0. The number of benzene rings is 6. The standard InChI is InChI=1S/C35H26N4O5S/c1-2-39-31-10-6-5-9-28(31)29-20-24(14-16-32(29)39)36-35(41)30-19-23-7-3-4-8-27(23)33(34(30)40)38-37-25-13-11-22-18-26(45(42,43)44)15-12-21(22)17-25/h3-20,40H,2H2,1H3,(H,36,41)(H,42,43,44)/b38-37+. The molecule has 45 heavy (non-hydrogen) atoms. The number of phenolic OH excluding ortho intramolecular Hbond substituents is 1. The first-order valence-electron chi connectivity index (χ1n) is 14.2. The molecule has 6 aromatic carbocycles. The first-order chi connectivity index (χ1) is 21.7. The summed E-state index contributed by atoms with van der Waals surface area (Å²) in [4.78, 5) is 13.4. The van der Waals surface area contributed by atoms with E-state index in [4.69, 9.17) is 0 Å². The molecule has 0 fully saturated rings. The Balaban J connectivity index is 1.25. The van der Waals surface area contributed by atoms with Crippen molar-refractivity contribution in [2.75, 3.05) is 5.32 Å². The Kier molecular flexibility index (Phi) is 6.80. The number of aryl methyl sites for hydroxylation is 1. The van der Waals surface area contributed by atoms with E-state index in [-0.39, 0.29) is 21.9 Å². The second-order valence-corrected chi connectivity index (χ2v) is 12.1. The van der Waals surface area contributed by atoms with Crippen LogP contribution in [0.5, 0.6) is 5.75 Å². The highest BCUT2D eigenvalue weighted by Crippen LogP contribution is 2.40. The third-order valence-electron chi connectivity index (χ3n) is 7.94. The number of azo groups is 1. The maximum Gasteiger partial charge on any atom is 0.294 e. The number of hydrogen-bond acceptors (Lipinski definition) is 6. The molecule has 0 saturated heterocycles. The molecule has 3 N–H and O–H groups in total. The lowest BCUT2D eigenvalue weighted by molar-refractivity contribution is 0.102. The van der Waals surface area contributed by atoms with Gasteiger partial charge in [0, 0.05) is 39.4 Å². The lowest BCUT2D eigenvalue weighted by Crippen LogP contribution is -2.12. The highest BCUT2D eigenvalue weighted by molar-refractivity contribution is 7.85. The van der Waals surface area contributed by atoms with Crippen LogP contribution in [-0.4, -0.2) is 28.6 Å². The van der Waals surface area contributed by atoms with Gasteiger partial charge in [-0.2, -0.15) is 13.5 Å². The Morgan fingerprint density at radius 1 is 0.756 bits per heavy atom. The maximum atomic E-state index is 13.6. The van der Waals surface area contributed by atoms with Gasteiger partial charge in [0.1, 0.15) is 5.69 Å². The average Bonchev–Trinajstić information content (AvgIpc) is 3.36. The van der Waals surface area contributed by atoms with Crippen molar-refractivity contribution in [3.63, 3.8) is 0 Å². The van der Waals surface area contributed by atoms with Crippen LogP contribution in [0.3, 0.4) is 0 Å². The number of fused-ring (bicyclic) bond motifs is 5. The van der Waals surface area contributed by atoms with Crippen LogP contribution in [0, 0.1) is 0 Å². The summed E-state index contributed by atoms with van der Waals surface area (Å²) in [5.41, 5.74) is 3.42. The van der Waals surface area contributed by atoms with E-state index in [0.29, 0.717) is 32.9 Å². The molecule has 0 radical (unpaired) electrons. The van der Waals surface area contributed by atoms with E-state index in [9.17, 15) is 22.9 Å². The number of carbonyl (C=O) groups is 1. The number of aromatic hydroxyl groups is 1. The second-order valence-electron chi connectivity index (χ2n) is 10.7. The molecule has 222 valence electrons. The van der Waals surface area contributed by atoms with Crippen LogP contribution in [0.4, 0.5) is 17.1 Å². The van der Waals surface area contributed by atoms with Crippen molar-refractivity contribution in [1.29, 1.82) is 0 Å². The Bertz CT molecular complexity index is 2470. The molecule has 0 aliphatic rings. The monoisotopic (exact) mass is 614 g/mol. The summed E-state index contributed by atoms with van der Waals surface area (Å²) >= 11 is 0. The van der Waals surface area contributed by atoms with Crippen LogP contribution in [0.15, 0.2) is 124 Å². The van der Waals surface area contributed by atoms with E-state index in [1.54, 1.807) is 36.4 Å².